The van der Waals surface area contributed by atoms with E-state index in [0.717, 1.165) is 18.8 Å². The van der Waals surface area contributed by atoms with E-state index in [1.54, 1.807) is 6.34 Å². The lowest BCUT2D eigenvalue weighted by Crippen LogP contribution is -2.39. The first-order chi connectivity index (χ1) is 6.36. The van der Waals surface area contributed by atoms with Crippen molar-refractivity contribution in [3.05, 3.63) is 0 Å². The van der Waals surface area contributed by atoms with E-state index in [9.17, 15) is 0 Å². The van der Waals surface area contributed by atoms with E-state index in [1.807, 2.05) is 0 Å². The van der Waals surface area contributed by atoms with Gasteiger partial charge in [-0.25, -0.2) is 9.98 Å². The molecular formula is C8H9ClN4. The van der Waals surface area contributed by atoms with Crippen molar-refractivity contribution < 1.29 is 0 Å². The molecule has 3 heterocycles. The molecule has 3 aliphatic heterocycles. The highest BCUT2D eigenvalue weighted by Gasteiger charge is 2.41. The predicted molar refractivity (Wildman–Crippen MR) is 52.7 cm³/mol. The van der Waals surface area contributed by atoms with Crippen molar-refractivity contribution in [2.45, 2.75) is 25.0 Å². The minimum atomic E-state index is -0.0260. The number of nitrogens with zero attached hydrogens (tertiary/aromatic N) is 4. The van der Waals surface area contributed by atoms with Crippen molar-refractivity contribution in [1.82, 2.24) is 4.90 Å². The van der Waals surface area contributed by atoms with Crippen LogP contribution < -0.4 is 0 Å². The lowest BCUT2D eigenvalue weighted by Gasteiger charge is -2.23. The Morgan fingerprint density at radius 2 is 2.46 bits per heavy atom. The van der Waals surface area contributed by atoms with Crippen LogP contribution in [0.25, 0.3) is 0 Å². The normalized spacial score (nSPS) is 35.6. The molecule has 0 amide bonds. The van der Waals surface area contributed by atoms with Gasteiger partial charge < -0.3 is 4.90 Å². The maximum Gasteiger partial charge on any atom is 0.153 e. The van der Waals surface area contributed by atoms with Gasteiger partial charge in [0.25, 0.3) is 0 Å². The molecule has 0 unspecified atom stereocenters. The van der Waals surface area contributed by atoms with Gasteiger partial charge in [-0.2, -0.15) is 0 Å². The van der Waals surface area contributed by atoms with Gasteiger partial charge in [0, 0.05) is 13.0 Å². The van der Waals surface area contributed by atoms with E-state index in [0.29, 0.717) is 5.17 Å². The fourth-order valence-corrected chi connectivity index (χ4v) is 2.28. The van der Waals surface area contributed by atoms with Crippen molar-refractivity contribution in [2.24, 2.45) is 15.0 Å². The molecule has 5 heteroatoms. The molecule has 2 atom stereocenters. The molecule has 68 valence electrons. The van der Waals surface area contributed by atoms with E-state index in [4.69, 9.17) is 11.6 Å². The second-order valence-corrected chi connectivity index (χ2v) is 3.80. The Balaban J connectivity index is 2.00. The zero-order chi connectivity index (χ0) is 8.84. The topological polar surface area (TPSA) is 40.3 Å². The number of hydrogen-bond donors (Lipinski definition) is 0. The average molecular weight is 197 g/mol. The van der Waals surface area contributed by atoms with Crippen molar-refractivity contribution in [3.8, 4) is 0 Å². The molecule has 13 heavy (non-hydrogen) atoms. The van der Waals surface area contributed by atoms with E-state index >= 15 is 0 Å². The maximum absolute atomic E-state index is 5.95. The minimum absolute atomic E-state index is 0.0260. The highest BCUT2D eigenvalue weighted by molar-refractivity contribution is 6.67. The van der Waals surface area contributed by atoms with Crippen LogP contribution in [0.15, 0.2) is 15.0 Å². The standard InChI is InChI=1S/C8H9ClN4/c9-7-6-8(11-4-10-7)13-3-1-2-5(13)12-6/h4,6,8H,1-3H2/t6-,8+/m1/s1. The highest BCUT2D eigenvalue weighted by Crippen LogP contribution is 2.29. The van der Waals surface area contributed by atoms with Crippen LogP contribution in [0.5, 0.6) is 0 Å². The van der Waals surface area contributed by atoms with Crippen LogP contribution in [0.2, 0.25) is 0 Å². The van der Waals surface area contributed by atoms with Crippen molar-refractivity contribution in [2.75, 3.05) is 6.54 Å². The molecular weight excluding hydrogens is 188 g/mol. The Morgan fingerprint density at radius 3 is 3.38 bits per heavy atom. The fourth-order valence-electron chi connectivity index (χ4n) is 2.07. The summed E-state index contributed by atoms with van der Waals surface area (Å²) in [5.74, 6) is 1.16. The fraction of sp³-hybridized carbons (Fsp3) is 0.625. The zero-order valence-corrected chi connectivity index (χ0v) is 7.78. The molecule has 0 saturated carbocycles. The number of halogens is 1. The summed E-state index contributed by atoms with van der Waals surface area (Å²) < 4.78 is 0. The van der Waals surface area contributed by atoms with Crippen LogP contribution >= 0.6 is 11.6 Å². The molecule has 4 nitrogen and oxygen atoms in total. The monoisotopic (exact) mass is 196 g/mol. The average Bonchev–Trinajstić information content (AvgIpc) is 2.65. The van der Waals surface area contributed by atoms with Crippen molar-refractivity contribution in [3.63, 3.8) is 0 Å². The molecule has 3 rings (SSSR count). The van der Waals surface area contributed by atoms with E-state index in [1.165, 1.54) is 6.42 Å². The van der Waals surface area contributed by atoms with Gasteiger partial charge in [0.05, 0.1) is 0 Å². The van der Waals surface area contributed by atoms with Crippen molar-refractivity contribution in [1.29, 1.82) is 0 Å². The van der Waals surface area contributed by atoms with Crippen molar-refractivity contribution >= 4 is 28.9 Å². The summed E-state index contributed by atoms with van der Waals surface area (Å²) >= 11 is 5.95. The lowest BCUT2D eigenvalue weighted by atomic mass is 10.2. The van der Waals surface area contributed by atoms with Crippen LogP contribution in [0.4, 0.5) is 0 Å². The highest BCUT2D eigenvalue weighted by atomic mass is 35.5. The summed E-state index contributed by atoms with van der Waals surface area (Å²) in [4.78, 5) is 15.0. The molecule has 3 aliphatic rings. The molecule has 0 bridgehead atoms. The number of hydrogen-bond acceptors (Lipinski definition) is 4. The smallest absolute Gasteiger partial charge is 0.153 e. The zero-order valence-electron chi connectivity index (χ0n) is 7.02. The molecule has 0 spiro atoms. The number of rotatable bonds is 0. The van der Waals surface area contributed by atoms with Crippen LogP contribution in [0.1, 0.15) is 12.8 Å². The Morgan fingerprint density at radius 1 is 1.54 bits per heavy atom. The Bertz CT molecular complexity index is 333. The predicted octanol–water partition coefficient (Wildman–Crippen LogP) is 0.868. The molecule has 0 aromatic heterocycles. The molecule has 0 aromatic carbocycles. The van der Waals surface area contributed by atoms with Crippen LogP contribution in [-0.4, -0.2) is 41.0 Å². The third-order valence-corrected chi connectivity index (χ3v) is 2.99. The molecule has 0 aliphatic carbocycles. The summed E-state index contributed by atoms with van der Waals surface area (Å²) in [6, 6.07) is -0.0260. The van der Waals surface area contributed by atoms with Crippen LogP contribution in [-0.2, 0) is 0 Å². The Hall–Kier alpha value is -0.900. The number of amidine groups is 1. The maximum atomic E-state index is 5.95. The largest absolute Gasteiger partial charge is 0.336 e. The van der Waals surface area contributed by atoms with E-state index < -0.39 is 0 Å². The Kier molecular flexibility index (Phi) is 1.47. The summed E-state index contributed by atoms with van der Waals surface area (Å²) in [7, 11) is 0. The first-order valence-electron chi connectivity index (χ1n) is 4.44. The third kappa shape index (κ3) is 0.950. The van der Waals surface area contributed by atoms with E-state index in [2.05, 4.69) is 19.9 Å². The summed E-state index contributed by atoms with van der Waals surface area (Å²) in [6.45, 7) is 1.06. The van der Waals surface area contributed by atoms with Gasteiger partial charge in [0.15, 0.2) is 6.17 Å². The quantitative estimate of drug-likeness (QED) is 0.567. The first-order valence-corrected chi connectivity index (χ1v) is 4.82. The molecule has 0 N–H and O–H groups in total. The molecule has 0 aromatic rings. The van der Waals surface area contributed by atoms with Gasteiger partial charge in [-0.15, -0.1) is 0 Å². The third-order valence-electron chi connectivity index (χ3n) is 2.67. The lowest BCUT2D eigenvalue weighted by molar-refractivity contribution is 0.358. The number of fused-ring (bicyclic) bond motifs is 3. The summed E-state index contributed by atoms with van der Waals surface area (Å²) in [6.07, 6.45) is 3.89. The first kappa shape index (κ1) is 7.50. The Labute approximate surface area is 81.0 Å². The van der Waals surface area contributed by atoms with Gasteiger partial charge in [-0.3, -0.25) is 4.99 Å². The SMILES string of the molecule is ClC1=NC=N[C@@H]2[C@@H]1N=C1CCCN12. The second-order valence-electron chi connectivity index (χ2n) is 3.42. The van der Waals surface area contributed by atoms with E-state index in [-0.39, 0.29) is 12.2 Å². The van der Waals surface area contributed by atoms with Crippen LogP contribution in [0, 0.1) is 0 Å². The number of aliphatic imine (C=N–C) groups is 3. The van der Waals surface area contributed by atoms with Gasteiger partial charge in [-0.05, 0) is 6.42 Å². The molecule has 1 saturated heterocycles. The van der Waals surface area contributed by atoms with Gasteiger partial charge in [0.2, 0.25) is 0 Å². The van der Waals surface area contributed by atoms with Gasteiger partial charge >= 0.3 is 0 Å². The minimum Gasteiger partial charge on any atom is -0.336 e. The second kappa shape index (κ2) is 2.54. The molecule has 0 radical (unpaired) electrons. The molecule has 1 fully saturated rings. The van der Waals surface area contributed by atoms with Gasteiger partial charge in [-0.1, -0.05) is 11.6 Å². The van der Waals surface area contributed by atoms with Crippen LogP contribution in [0.3, 0.4) is 0 Å². The summed E-state index contributed by atoms with van der Waals surface area (Å²) in [5, 5.41) is 0.571. The summed E-state index contributed by atoms with van der Waals surface area (Å²) in [5.41, 5.74) is 0. The van der Waals surface area contributed by atoms with Gasteiger partial charge in [0.1, 0.15) is 23.4 Å².